The molecule has 1 aliphatic rings. The molecular formula is C25H31N3OS. The predicted molar refractivity (Wildman–Crippen MR) is 124 cm³/mol. The summed E-state index contributed by atoms with van der Waals surface area (Å²) in [4.78, 5) is 8.40. The van der Waals surface area contributed by atoms with Crippen LogP contribution in [0.3, 0.4) is 0 Å². The van der Waals surface area contributed by atoms with Crippen LogP contribution in [-0.2, 0) is 6.54 Å². The Morgan fingerprint density at radius 3 is 2.67 bits per heavy atom. The summed E-state index contributed by atoms with van der Waals surface area (Å²) in [6, 6.07) is 19.1. The molecule has 1 aromatic carbocycles. The van der Waals surface area contributed by atoms with E-state index in [1.807, 2.05) is 19.3 Å². The Kier molecular flexibility index (Phi) is 7.51. The zero-order valence-electron chi connectivity index (χ0n) is 17.7. The van der Waals surface area contributed by atoms with Crippen LogP contribution in [0.1, 0.15) is 47.4 Å². The number of nitrogens with zero attached hydrogens (tertiary/aromatic N) is 2. The third-order valence-electron chi connectivity index (χ3n) is 5.85. The van der Waals surface area contributed by atoms with Gasteiger partial charge in [-0.15, -0.1) is 11.3 Å². The van der Waals surface area contributed by atoms with Gasteiger partial charge in [-0.25, -0.2) is 0 Å². The molecule has 1 atom stereocenters. The molecule has 0 spiro atoms. The molecule has 158 valence electrons. The van der Waals surface area contributed by atoms with Gasteiger partial charge >= 0.3 is 0 Å². The van der Waals surface area contributed by atoms with Crippen LogP contribution in [0.5, 0.6) is 5.75 Å². The van der Waals surface area contributed by atoms with Crippen molar-refractivity contribution in [3.8, 4) is 5.75 Å². The van der Waals surface area contributed by atoms with E-state index in [1.165, 1.54) is 29.0 Å². The third-order valence-corrected chi connectivity index (χ3v) is 6.81. The lowest BCUT2D eigenvalue weighted by Gasteiger charge is -2.32. The maximum atomic E-state index is 6.56. The lowest BCUT2D eigenvalue weighted by molar-refractivity contribution is 0.180. The van der Waals surface area contributed by atoms with Crippen molar-refractivity contribution in [1.29, 1.82) is 0 Å². The van der Waals surface area contributed by atoms with Crippen molar-refractivity contribution in [3.63, 3.8) is 0 Å². The Morgan fingerprint density at radius 1 is 1.10 bits per heavy atom. The third kappa shape index (κ3) is 5.48. The van der Waals surface area contributed by atoms with Gasteiger partial charge in [-0.1, -0.05) is 30.3 Å². The molecule has 2 aromatic heterocycles. The minimum atomic E-state index is 0.0912. The van der Waals surface area contributed by atoms with Crippen molar-refractivity contribution in [2.45, 2.75) is 37.8 Å². The van der Waals surface area contributed by atoms with Crippen LogP contribution in [0.2, 0.25) is 0 Å². The average Bonchev–Trinajstić information content (AvgIpc) is 3.34. The fraction of sp³-hybridized carbons (Fsp3) is 0.400. The summed E-state index contributed by atoms with van der Waals surface area (Å²) < 4.78 is 6.56. The van der Waals surface area contributed by atoms with E-state index in [1.54, 1.807) is 11.3 Å². The Balaban J connectivity index is 1.40. The first-order valence-corrected chi connectivity index (χ1v) is 11.8. The summed E-state index contributed by atoms with van der Waals surface area (Å²) in [6.45, 7) is 4.08. The molecule has 1 N–H and O–H groups in total. The molecule has 0 aliphatic carbocycles. The topological polar surface area (TPSA) is 37.4 Å². The molecule has 0 radical (unpaired) electrons. The number of piperidine rings is 1. The number of likely N-dealkylation sites (tertiary alicyclic amines) is 1. The highest BCUT2D eigenvalue weighted by Gasteiger charge is 2.23. The molecule has 1 aliphatic heterocycles. The quantitative estimate of drug-likeness (QED) is 0.512. The van der Waals surface area contributed by atoms with Crippen LogP contribution in [0.25, 0.3) is 0 Å². The smallest absolute Gasteiger partial charge is 0.134 e. The monoisotopic (exact) mass is 421 g/mol. The van der Waals surface area contributed by atoms with Crippen molar-refractivity contribution >= 4 is 11.3 Å². The van der Waals surface area contributed by atoms with Crippen molar-refractivity contribution in [2.75, 3.05) is 26.7 Å². The van der Waals surface area contributed by atoms with Crippen molar-refractivity contribution in [3.05, 3.63) is 82.3 Å². The van der Waals surface area contributed by atoms with E-state index in [9.17, 15) is 0 Å². The van der Waals surface area contributed by atoms with E-state index in [-0.39, 0.29) is 6.10 Å². The summed E-state index contributed by atoms with van der Waals surface area (Å²) in [7, 11) is 1.99. The van der Waals surface area contributed by atoms with Gasteiger partial charge in [0.25, 0.3) is 0 Å². The zero-order valence-corrected chi connectivity index (χ0v) is 18.5. The van der Waals surface area contributed by atoms with Gasteiger partial charge in [0.15, 0.2) is 0 Å². The van der Waals surface area contributed by atoms with Crippen LogP contribution in [-0.4, -0.2) is 36.6 Å². The molecule has 5 heteroatoms. The maximum Gasteiger partial charge on any atom is 0.134 e. The molecule has 0 amide bonds. The molecule has 30 heavy (non-hydrogen) atoms. The van der Waals surface area contributed by atoms with E-state index in [4.69, 9.17) is 4.74 Å². The van der Waals surface area contributed by atoms with Crippen LogP contribution in [0.15, 0.2) is 66.2 Å². The first-order chi connectivity index (χ1) is 14.8. The lowest BCUT2D eigenvalue weighted by Crippen LogP contribution is -2.32. The normalized spacial score (nSPS) is 16.4. The van der Waals surface area contributed by atoms with Gasteiger partial charge < -0.3 is 10.1 Å². The highest BCUT2D eigenvalue weighted by Crippen LogP contribution is 2.32. The van der Waals surface area contributed by atoms with Crippen LogP contribution in [0, 0.1) is 0 Å². The lowest BCUT2D eigenvalue weighted by atomic mass is 9.93. The van der Waals surface area contributed by atoms with Crippen molar-refractivity contribution in [1.82, 2.24) is 15.2 Å². The first-order valence-electron chi connectivity index (χ1n) is 10.9. The van der Waals surface area contributed by atoms with E-state index < -0.39 is 0 Å². The number of hydrogen-bond donors (Lipinski definition) is 1. The van der Waals surface area contributed by atoms with Gasteiger partial charge in [0.2, 0.25) is 0 Å². The molecule has 3 heterocycles. The summed E-state index contributed by atoms with van der Waals surface area (Å²) in [6.07, 6.45) is 5.29. The number of thiophene rings is 1. The molecule has 1 saturated heterocycles. The molecule has 0 saturated carbocycles. The second kappa shape index (κ2) is 10.7. The minimum Gasteiger partial charge on any atom is -0.485 e. The van der Waals surface area contributed by atoms with Gasteiger partial charge in [-0.05, 0) is 69.2 Å². The fourth-order valence-electron chi connectivity index (χ4n) is 4.16. The van der Waals surface area contributed by atoms with Gasteiger partial charge in [0.1, 0.15) is 11.9 Å². The molecule has 4 rings (SSSR count). The summed E-state index contributed by atoms with van der Waals surface area (Å²) >= 11 is 1.77. The summed E-state index contributed by atoms with van der Waals surface area (Å²) in [5.41, 5.74) is 2.52. The standard InChI is InChI=1S/C25H31N3OS/c1-26-15-11-24(25-10-6-18-30-25)29-23-9-3-2-7-21(23)19-28-16-12-20(13-17-28)22-8-4-5-14-27-22/h2-10,14,18,20,24,26H,11-13,15-17,19H2,1H3/t24-/m1/s1. The Labute approximate surface area is 183 Å². The zero-order chi connectivity index (χ0) is 20.6. The van der Waals surface area contributed by atoms with Crippen molar-refractivity contribution in [2.24, 2.45) is 0 Å². The van der Waals surface area contributed by atoms with Crippen LogP contribution >= 0.6 is 11.3 Å². The highest BCUT2D eigenvalue weighted by atomic mass is 32.1. The number of hydrogen-bond acceptors (Lipinski definition) is 5. The maximum absolute atomic E-state index is 6.56. The van der Waals surface area contributed by atoms with Gasteiger partial charge in [-0.3, -0.25) is 9.88 Å². The Bertz CT molecular complexity index is 876. The SMILES string of the molecule is CNCC[C@@H](Oc1ccccc1CN1CCC(c2ccccn2)CC1)c1cccs1. The number of nitrogens with one attached hydrogen (secondary N) is 1. The summed E-state index contributed by atoms with van der Waals surface area (Å²) in [5, 5.41) is 5.38. The average molecular weight is 422 g/mol. The predicted octanol–water partition coefficient (Wildman–Crippen LogP) is 5.25. The molecule has 0 unspecified atom stereocenters. The van der Waals surface area contributed by atoms with Gasteiger partial charge in [-0.2, -0.15) is 0 Å². The highest BCUT2D eigenvalue weighted by molar-refractivity contribution is 7.10. The number of para-hydroxylation sites is 1. The fourth-order valence-corrected chi connectivity index (χ4v) is 4.95. The molecule has 0 bridgehead atoms. The van der Waals surface area contributed by atoms with E-state index in [0.717, 1.165) is 38.3 Å². The number of aromatic nitrogens is 1. The largest absolute Gasteiger partial charge is 0.485 e. The first kappa shape index (κ1) is 21.0. The van der Waals surface area contributed by atoms with Crippen LogP contribution < -0.4 is 10.1 Å². The van der Waals surface area contributed by atoms with Crippen molar-refractivity contribution < 1.29 is 4.74 Å². The Morgan fingerprint density at radius 2 is 1.93 bits per heavy atom. The van der Waals surface area contributed by atoms with Gasteiger partial charge in [0.05, 0.1) is 0 Å². The molecular weight excluding hydrogens is 390 g/mol. The number of pyridine rings is 1. The van der Waals surface area contributed by atoms with E-state index in [2.05, 4.69) is 69.1 Å². The van der Waals surface area contributed by atoms with E-state index >= 15 is 0 Å². The van der Waals surface area contributed by atoms with Crippen LogP contribution in [0.4, 0.5) is 0 Å². The Hall–Kier alpha value is -2.21. The number of benzene rings is 1. The molecule has 3 aromatic rings. The second-order valence-corrected chi connectivity index (χ2v) is 8.91. The number of rotatable bonds is 9. The summed E-state index contributed by atoms with van der Waals surface area (Å²) in [5.74, 6) is 1.59. The second-order valence-electron chi connectivity index (χ2n) is 7.93. The van der Waals surface area contributed by atoms with Gasteiger partial charge in [0, 0.05) is 41.2 Å². The number of ether oxygens (including phenoxy) is 1. The van der Waals surface area contributed by atoms with E-state index in [0.29, 0.717) is 5.92 Å². The minimum absolute atomic E-state index is 0.0912. The molecule has 4 nitrogen and oxygen atoms in total. The molecule has 1 fully saturated rings.